The average Bonchev–Trinajstić information content (AvgIpc) is 2.89. The molecule has 3 aliphatic carbocycles. The number of aliphatic hydroxyl groups excluding tert-OH is 1. The van der Waals surface area contributed by atoms with E-state index in [1.54, 1.807) is 7.11 Å². The van der Waals surface area contributed by atoms with Crippen LogP contribution < -0.4 is 0 Å². The van der Waals surface area contributed by atoms with Crippen molar-refractivity contribution in [3.05, 3.63) is 29.3 Å². The Morgan fingerprint density at radius 3 is 2.68 bits per heavy atom. The van der Waals surface area contributed by atoms with Gasteiger partial charge in [0.05, 0.1) is 12.7 Å². The fourth-order valence-corrected chi connectivity index (χ4v) is 5.69. The van der Waals surface area contributed by atoms with Gasteiger partial charge in [0.2, 0.25) is 0 Å². The van der Waals surface area contributed by atoms with E-state index in [4.69, 9.17) is 4.74 Å². The first-order valence-electron chi connectivity index (χ1n) is 8.69. The van der Waals surface area contributed by atoms with Gasteiger partial charge in [-0.2, -0.15) is 0 Å². The number of ether oxygens (including phenoxy) is 1. The summed E-state index contributed by atoms with van der Waals surface area (Å²) >= 11 is 0. The normalized spacial score (nSPS) is 39.9. The van der Waals surface area contributed by atoms with E-state index >= 15 is 0 Å². The van der Waals surface area contributed by atoms with E-state index in [0.29, 0.717) is 35.3 Å². The van der Waals surface area contributed by atoms with E-state index in [2.05, 4.69) is 6.07 Å². The lowest BCUT2D eigenvalue weighted by molar-refractivity contribution is 0.0466. The van der Waals surface area contributed by atoms with Gasteiger partial charge in [-0.15, -0.1) is 0 Å². The second kappa shape index (κ2) is 5.54. The van der Waals surface area contributed by atoms with E-state index in [9.17, 15) is 10.2 Å². The molecule has 2 unspecified atom stereocenters. The van der Waals surface area contributed by atoms with E-state index in [0.717, 1.165) is 25.9 Å². The van der Waals surface area contributed by atoms with Crippen LogP contribution in [0.4, 0.5) is 0 Å². The summed E-state index contributed by atoms with van der Waals surface area (Å²) in [6.07, 6.45) is 5.56. The van der Waals surface area contributed by atoms with Crippen molar-refractivity contribution in [2.75, 3.05) is 13.7 Å². The molecule has 2 saturated carbocycles. The van der Waals surface area contributed by atoms with Gasteiger partial charge >= 0.3 is 0 Å². The molecule has 4 rings (SSSR count). The molecule has 3 nitrogen and oxygen atoms in total. The van der Waals surface area contributed by atoms with Crippen LogP contribution >= 0.6 is 0 Å². The number of hydrogen-bond donors (Lipinski definition) is 2. The Bertz CT molecular complexity index is 556. The fraction of sp³-hybridized carbons (Fsp3) is 0.684. The molecule has 0 amide bonds. The third kappa shape index (κ3) is 2.17. The molecule has 2 fully saturated rings. The van der Waals surface area contributed by atoms with Crippen molar-refractivity contribution in [1.82, 2.24) is 0 Å². The Morgan fingerprint density at radius 1 is 1.05 bits per heavy atom. The number of aliphatic hydroxyl groups is 1. The lowest BCUT2D eigenvalue weighted by Crippen LogP contribution is -2.38. The molecule has 0 bridgehead atoms. The highest BCUT2D eigenvalue weighted by Crippen LogP contribution is 2.57. The number of phenolic OH excluding ortho intramolecular Hbond substituents is 1. The molecule has 0 saturated heterocycles. The van der Waals surface area contributed by atoms with E-state index < -0.39 is 0 Å². The van der Waals surface area contributed by atoms with Crippen LogP contribution in [0.25, 0.3) is 0 Å². The number of rotatable bonds is 2. The zero-order valence-electron chi connectivity index (χ0n) is 13.2. The molecule has 22 heavy (non-hydrogen) atoms. The summed E-state index contributed by atoms with van der Waals surface area (Å²) in [4.78, 5) is 0. The van der Waals surface area contributed by atoms with Crippen molar-refractivity contribution in [2.45, 2.75) is 50.0 Å². The maximum atomic E-state index is 10.3. The van der Waals surface area contributed by atoms with E-state index in [1.807, 2.05) is 12.1 Å². The predicted molar refractivity (Wildman–Crippen MR) is 85.0 cm³/mol. The largest absolute Gasteiger partial charge is 0.508 e. The van der Waals surface area contributed by atoms with Crippen LogP contribution in [0.3, 0.4) is 0 Å². The Balaban J connectivity index is 1.72. The van der Waals surface area contributed by atoms with Crippen molar-refractivity contribution < 1.29 is 14.9 Å². The molecule has 6 atom stereocenters. The van der Waals surface area contributed by atoms with Crippen molar-refractivity contribution in [1.29, 1.82) is 0 Å². The first-order chi connectivity index (χ1) is 10.7. The van der Waals surface area contributed by atoms with Crippen molar-refractivity contribution in [2.24, 2.45) is 17.8 Å². The van der Waals surface area contributed by atoms with Crippen LogP contribution in [0.1, 0.15) is 55.1 Å². The summed E-state index contributed by atoms with van der Waals surface area (Å²) < 4.78 is 5.46. The third-order valence-electron chi connectivity index (χ3n) is 6.55. The molecule has 1 aromatic carbocycles. The molecular formula is C19H26O3. The number of hydrogen-bond acceptors (Lipinski definition) is 3. The maximum Gasteiger partial charge on any atom is 0.115 e. The Labute approximate surface area is 132 Å². The van der Waals surface area contributed by atoms with Gasteiger partial charge in [-0.3, -0.25) is 0 Å². The number of benzene rings is 1. The highest BCUT2D eigenvalue weighted by Gasteiger charge is 2.48. The van der Waals surface area contributed by atoms with Crippen molar-refractivity contribution in [3.8, 4) is 5.75 Å². The number of fused-ring (bicyclic) bond motifs is 5. The van der Waals surface area contributed by atoms with Gasteiger partial charge in [0.1, 0.15) is 5.75 Å². The van der Waals surface area contributed by atoms with E-state index in [-0.39, 0.29) is 6.10 Å². The second-order valence-electron chi connectivity index (χ2n) is 7.52. The third-order valence-corrected chi connectivity index (χ3v) is 6.55. The van der Waals surface area contributed by atoms with Gasteiger partial charge in [-0.25, -0.2) is 0 Å². The summed E-state index contributed by atoms with van der Waals surface area (Å²) in [5.74, 6) is 3.22. The molecule has 120 valence electrons. The molecule has 3 aliphatic rings. The van der Waals surface area contributed by atoms with Gasteiger partial charge < -0.3 is 14.9 Å². The average molecular weight is 302 g/mol. The smallest absolute Gasteiger partial charge is 0.115 e. The van der Waals surface area contributed by atoms with E-state index in [1.165, 1.54) is 24.0 Å². The topological polar surface area (TPSA) is 49.7 Å². The summed E-state index contributed by atoms with van der Waals surface area (Å²) in [7, 11) is 1.76. The first kappa shape index (κ1) is 14.5. The highest BCUT2D eigenvalue weighted by atomic mass is 16.5. The lowest BCUT2D eigenvalue weighted by atomic mass is 9.58. The molecule has 0 spiro atoms. The van der Waals surface area contributed by atoms with Crippen molar-refractivity contribution >= 4 is 0 Å². The van der Waals surface area contributed by atoms with Gasteiger partial charge in [-0.1, -0.05) is 6.07 Å². The highest BCUT2D eigenvalue weighted by molar-refractivity contribution is 5.42. The molecule has 0 aliphatic heterocycles. The van der Waals surface area contributed by atoms with Crippen molar-refractivity contribution in [3.63, 3.8) is 0 Å². The zero-order chi connectivity index (χ0) is 15.3. The van der Waals surface area contributed by atoms with Gasteiger partial charge in [0.25, 0.3) is 0 Å². The van der Waals surface area contributed by atoms with Crippen LogP contribution in [-0.4, -0.2) is 30.0 Å². The molecular weight excluding hydrogens is 276 g/mol. The summed E-state index contributed by atoms with van der Waals surface area (Å²) in [5.41, 5.74) is 2.72. The Morgan fingerprint density at radius 2 is 1.86 bits per heavy atom. The quantitative estimate of drug-likeness (QED) is 0.880. The second-order valence-corrected chi connectivity index (χ2v) is 7.52. The van der Waals surface area contributed by atoms with Gasteiger partial charge in [-0.05, 0) is 79.0 Å². The molecule has 0 aromatic heterocycles. The zero-order valence-corrected chi connectivity index (χ0v) is 13.2. The van der Waals surface area contributed by atoms with Gasteiger partial charge in [0, 0.05) is 13.0 Å². The number of phenols is 1. The number of methoxy groups -OCH3 is 1. The number of aromatic hydroxyl groups is 1. The Hall–Kier alpha value is -1.06. The summed E-state index contributed by atoms with van der Waals surface area (Å²) in [5, 5.41) is 20.1. The molecule has 0 radical (unpaired) electrons. The first-order valence-corrected chi connectivity index (χ1v) is 8.69. The SMILES string of the molecule is COCC1C[C@@H]2[C@H](CCC3[C@H]2CC[C@@H]3O)c2ccc(O)cc21. The molecule has 2 N–H and O–H groups in total. The minimum Gasteiger partial charge on any atom is -0.508 e. The Kier molecular flexibility index (Phi) is 3.66. The summed E-state index contributed by atoms with van der Waals surface area (Å²) in [6, 6.07) is 5.92. The minimum atomic E-state index is -0.0759. The van der Waals surface area contributed by atoms with Crippen LogP contribution in [0, 0.1) is 17.8 Å². The van der Waals surface area contributed by atoms with Crippen LogP contribution in [0.15, 0.2) is 18.2 Å². The van der Waals surface area contributed by atoms with Crippen LogP contribution in [-0.2, 0) is 4.74 Å². The molecule has 0 heterocycles. The molecule has 1 aromatic rings. The molecule has 3 heteroatoms. The van der Waals surface area contributed by atoms with Gasteiger partial charge in [0.15, 0.2) is 0 Å². The fourth-order valence-electron chi connectivity index (χ4n) is 5.69. The lowest BCUT2D eigenvalue weighted by Gasteiger charge is -2.47. The van der Waals surface area contributed by atoms with Crippen LogP contribution in [0.5, 0.6) is 5.75 Å². The minimum absolute atomic E-state index is 0.0759. The predicted octanol–water partition coefficient (Wildman–Crippen LogP) is 3.41. The monoisotopic (exact) mass is 302 g/mol. The summed E-state index contributed by atoms with van der Waals surface area (Å²) in [6.45, 7) is 0.722. The maximum absolute atomic E-state index is 10.3. The van der Waals surface area contributed by atoms with Crippen LogP contribution in [0.2, 0.25) is 0 Å². The standard InChI is InChI=1S/C19H26O3/c1-22-10-11-8-18-14(13-3-2-12(20)9-17(11)13)4-5-16-15(18)6-7-19(16)21/h2-3,9,11,14-16,18-21H,4-8,10H2,1H3/t11?,14-,15-,16?,18-,19+/m1/s1.